The normalized spacial score (nSPS) is 20.2. The third kappa shape index (κ3) is 3.64. The van der Waals surface area contributed by atoms with Gasteiger partial charge in [0.25, 0.3) is 5.91 Å². The van der Waals surface area contributed by atoms with Crippen LogP contribution in [-0.2, 0) is 13.0 Å². The Morgan fingerprint density at radius 2 is 2.17 bits per heavy atom. The van der Waals surface area contributed by atoms with E-state index in [9.17, 15) is 4.79 Å². The molecule has 1 unspecified atom stereocenters. The van der Waals surface area contributed by atoms with E-state index in [2.05, 4.69) is 31.9 Å². The van der Waals surface area contributed by atoms with Crippen molar-refractivity contribution in [2.45, 2.75) is 38.1 Å². The third-order valence-electron chi connectivity index (χ3n) is 4.83. The second kappa shape index (κ2) is 6.73. The molecule has 0 radical (unpaired) electrons. The topological polar surface area (TPSA) is 82.7 Å². The molecule has 6 nitrogen and oxygen atoms in total. The highest BCUT2D eigenvalue weighted by molar-refractivity contribution is 5.93. The van der Waals surface area contributed by atoms with Crippen molar-refractivity contribution in [1.82, 2.24) is 25.8 Å². The minimum Gasteiger partial charge on any atom is -0.346 e. The van der Waals surface area contributed by atoms with Crippen molar-refractivity contribution in [2.24, 2.45) is 5.92 Å². The Balaban J connectivity index is 1.34. The Kier molecular flexibility index (Phi) is 4.30. The Bertz CT molecular complexity index is 716. The number of pyridine rings is 1. The Labute approximate surface area is 141 Å². The second-order valence-corrected chi connectivity index (χ2v) is 6.92. The lowest BCUT2D eigenvalue weighted by Crippen LogP contribution is -2.23. The van der Waals surface area contributed by atoms with Gasteiger partial charge >= 0.3 is 0 Å². The number of aromatic amines is 1. The van der Waals surface area contributed by atoms with E-state index in [1.165, 1.54) is 19.3 Å². The smallest absolute Gasteiger partial charge is 0.253 e. The van der Waals surface area contributed by atoms with Crippen molar-refractivity contribution in [2.75, 3.05) is 13.1 Å². The lowest BCUT2D eigenvalue weighted by atomic mass is 9.99. The van der Waals surface area contributed by atoms with Gasteiger partial charge in [0, 0.05) is 18.3 Å². The molecule has 0 bridgehead atoms. The van der Waals surface area contributed by atoms with Gasteiger partial charge in [-0.3, -0.25) is 14.9 Å². The van der Waals surface area contributed by atoms with Gasteiger partial charge in [-0.1, -0.05) is 0 Å². The van der Waals surface area contributed by atoms with Crippen molar-refractivity contribution >= 4 is 5.91 Å². The summed E-state index contributed by atoms with van der Waals surface area (Å²) in [7, 11) is 0. The first-order valence-electron chi connectivity index (χ1n) is 8.75. The molecule has 1 atom stereocenters. The minimum atomic E-state index is -0.0866. The van der Waals surface area contributed by atoms with Crippen LogP contribution in [0.2, 0.25) is 0 Å². The second-order valence-electron chi connectivity index (χ2n) is 6.92. The first kappa shape index (κ1) is 15.3. The predicted molar refractivity (Wildman–Crippen MR) is 90.7 cm³/mol. The van der Waals surface area contributed by atoms with Crippen LogP contribution in [0.4, 0.5) is 0 Å². The van der Waals surface area contributed by atoms with E-state index in [4.69, 9.17) is 0 Å². The van der Waals surface area contributed by atoms with Crippen molar-refractivity contribution in [3.63, 3.8) is 0 Å². The molecular formula is C18H23N5O. The zero-order chi connectivity index (χ0) is 16.4. The molecule has 1 aliphatic carbocycles. The first-order chi connectivity index (χ1) is 11.8. The lowest BCUT2D eigenvalue weighted by Gasteiger charge is -2.09. The third-order valence-corrected chi connectivity index (χ3v) is 4.83. The standard InChI is InChI=1S/C18H23N5O/c24-18(21-11-16-7-17(23-22-16)14-1-2-14)15-6-13(9-20-10-15)5-12-3-4-19-8-12/h6-7,9-10,12,14,19H,1-5,8,11H2,(H,21,24)(H,22,23). The molecule has 3 heterocycles. The number of nitrogens with one attached hydrogen (secondary N) is 3. The SMILES string of the molecule is O=C(NCc1cc(C2CC2)n[nH]1)c1cncc(CC2CCNC2)c1. The van der Waals surface area contributed by atoms with Gasteiger partial charge in [-0.15, -0.1) is 0 Å². The van der Waals surface area contributed by atoms with Crippen molar-refractivity contribution in [3.8, 4) is 0 Å². The van der Waals surface area contributed by atoms with Gasteiger partial charge in [0.2, 0.25) is 0 Å². The van der Waals surface area contributed by atoms with Gasteiger partial charge in [0.1, 0.15) is 0 Å². The molecule has 2 aromatic rings. The summed E-state index contributed by atoms with van der Waals surface area (Å²) < 4.78 is 0. The number of carbonyl (C=O) groups is 1. The first-order valence-corrected chi connectivity index (χ1v) is 8.75. The molecule has 3 N–H and O–H groups in total. The molecule has 0 spiro atoms. The highest BCUT2D eigenvalue weighted by Gasteiger charge is 2.26. The number of aromatic nitrogens is 3. The zero-order valence-corrected chi connectivity index (χ0v) is 13.7. The maximum Gasteiger partial charge on any atom is 0.253 e. The highest BCUT2D eigenvalue weighted by Crippen LogP contribution is 2.38. The van der Waals surface area contributed by atoms with Gasteiger partial charge in [0.05, 0.1) is 23.5 Å². The van der Waals surface area contributed by atoms with Crippen LogP contribution in [0.1, 0.15) is 52.5 Å². The Hall–Kier alpha value is -2.21. The van der Waals surface area contributed by atoms with E-state index < -0.39 is 0 Å². The van der Waals surface area contributed by atoms with Gasteiger partial charge in [0.15, 0.2) is 0 Å². The van der Waals surface area contributed by atoms with Gasteiger partial charge in [-0.05, 0) is 62.4 Å². The van der Waals surface area contributed by atoms with Crippen LogP contribution in [-0.4, -0.2) is 34.2 Å². The molecule has 1 saturated heterocycles. The van der Waals surface area contributed by atoms with E-state index in [1.54, 1.807) is 6.20 Å². The van der Waals surface area contributed by atoms with Crippen molar-refractivity contribution in [1.29, 1.82) is 0 Å². The molecule has 24 heavy (non-hydrogen) atoms. The molecule has 1 saturated carbocycles. The minimum absolute atomic E-state index is 0.0866. The number of carbonyl (C=O) groups excluding carboxylic acids is 1. The maximum atomic E-state index is 12.4. The summed E-state index contributed by atoms with van der Waals surface area (Å²) in [5.74, 6) is 1.18. The van der Waals surface area contributed by atoms with Crippen molar-refractivity contribution < 1.29 is 4.79 Å². The Morgan fingerprint density at radius 3 is 2.96 bits per heavy atom. The number of amides is 1. The average Bonchev–Trinajstić information content (AvgIpc) is 3.12. The van der Waals surface area contributed by atoms with Crippen LogP contribution in [0.25, 0.3) is 0 Å². The molecule has 0 aromatic carbocycles. The maximum absolute atomic E-state index is 12.4. The fourth-order valence-corrected chi connectivity index (χ4v) is 3.28. The molecular weight excluding hydrogens is 302 g/mol. The summed E-state index contributed by atoms with van der Waals surface area (Å²) in [5, 5.41) is 13.6. The summed E-state index contributed by atoms with van der Waals surface area (Å²) in [6.07, 6.45) is 8.13. The number of hydrogen-bond acceptors (Lipinski definition) is 4. The van der Waals surface area contributed by atoms with E-state index in [0.717, 1.165) is 36.5 Å². The summed E-state index contributed by atoms with van der Waals surface area (Å²) in [5.41, 5.74) is 3.83. The highest BCUT2D eigenvalue weighted by atomic mass is 16.1. The average molecular weight is 325 g/mol. The van der Waals surface area contributed by atoms with E-state index in [0.29, 0.717) is 23.9 Å². The fourth-order valence-electron chi connectivity index (χ4n) is 3.28. The van der Waals surface area contributed by atoms with Gasteiger partial charge in [-0.25, -0.2) is 0 Å². The fraction of sp³-hybridized carbons (Fsp3) is 0.500. The van der Waals surface area contributed by atoms with Crippen LogP contribution in [0.15, 0.2) is 24.5 Å². The van der Waals surface area contributed by atoms with Crippen molar-refractivity contribution in [3.05, 3.63) is 47.0 Å². The molecule has 6 heteroatoms. The van der Waals surface area contributed by atoms with Crippen LogP contribution in [0, 0.1) is 5.92 Å². The molecule has 2 aliphatic rings. The molecule has 126 valence electrons. The van der Waals surface area contributed by atoms with Gasteiger partial charge < -0.3 is 10.6 Å². The molecule has 1 amide bonds. The quantitative estimate of drug-likeness (QED) is 0.756. The largest absolute Gasteiger partial charge is 0.346 e. The number of nitrogens with zero attached hydrogens (tertiary/aromatic N) is 2. The predicted octanol–water partition coefficient (Wildman–Crippen LogP) is 1.76. The number of H-pyrrole nitrogens is 1. The van der Waals surface area contributed by atoms with Crippen LogP contribution >= 0.6 is 0 Å². The summed E-state index contributed by atoms with van der Waals surface area (Å²) in [6, 6.07) is 4.02. The van der Waals surface area contributed by atoms with Gasteiger partial charge in [-0.2, -0.15) is 5.10 Å². The summed E-state index contributed by atoms with van der Waals surface area (Å²) in [6.45, 7) is 2.61. The molecule has 1 aliphatic heterocycles. The number of rotatable bonds is 6. The van der Waals surface area contributed by atoms with Crippen LogP contribution < -0.4 is 10.6 Å². The zero-order valence-electron chi connectivity index (χ0n) is 13.7. The molecule has 2 fully saturated rings. The van der Waals surface area contributed by atoms with E-state index in [1.807, 2.05) is 12.3 Å². The monoisotopic (exact) mass is 325 g/mol. The number of hydrogen-bond donors (Lipinski definition) is 3. The summed E-state index contributed by atoms with van der Waals surface area (Å²) in [4.78, 5) is 16.6. The van der Waals surface area contributed by atoms with E-state index in [-0.39, 0.29) is 5.91 Å². The summed E-state index contributed by atoms with van der Waals surface area (Å²) >= 11 is 0. The van der Waals surface area contributed by atoms with Crippen LogP contribution in [0.3, 0.4) is 0 Å². The molecule has 2 aromatic heterocycles. The Morgan fingerprint density at radius 1 is 1.25 bits per heavy atom. The molecule has 4 rings (SSSR count). The van der Waals surface area contributed by atoms with Crippen LogP contribution in [0.5, 0.6) is 0 Å². The van der Waals surface area contributed by atoms with E-state index >= 15 is 0 Å². The lowest BCUT2D eigenvalue weighted by molar-refractivity contribution is 0.0950.